The normalized spacial score (nSPS) is 3.00. The Kier molecular flexibility index (Phi) is 146. The average molecular weight is 262 g/mol. The molecule has 0 unspecified atom stereocenters. The summed E-state index contributed by atoms with van der Waals surface area (Å²) in [4.78, 5) is 0. The van der Waals surface area contributed by atoms with Crippen molar-refractivity contribution < 1.29 is 41.2 Å². The fourth-order valence-electron chi connectivity index (χ4n) is 0. The van der Waals surface area contributed by atoms with Crippen LogP contribution in [0.5, 0.6) is 0 Å². The van der Waals surface area contributed by atoms with Crippen molar-refractivity contribution in [3.05, 3.63) is 13.8 Å². The summed E-state index contributed by atoms with van der Waals surface area (Å²) in [6.07, 6.45) is 2.00. The van der Waals surface area contributed by atoms with Crippen LogP contribution >= 0.6 is 0 Å². The molecule has 0 nitrogen and oxygen atoms in total. The second-order valence-electron chi connectivity index (χ2n) is 0.577. The minimum atomic E-state index is 0. The summed E-state index contributed by atoms with van der Waals surface area (Å²) in [7, 11) is 0. The van der Waals surface area contributed by atoms with E-state index in [9.17, 15) is 0 Å². The van der Waals surface area contributed by atoms with E-state index in [-0.39, 0.29) is 48.7 Å². The molecule has 0 heterocycles. The van der Waals surface area contributed by atoms with Crippen molar-refractivity contribution in [2.75, 3.05) is 0 Å². The van der Waals surface area contributed by atoms with Gasteiger partial charge in [0.2, 0.25) is 0 Å². The van der Waals surface area contributed by atoms with Crippen LogP contribution in [0.3, 0.4) is 0 Å². The van der Waals surface area contributed by atoms with Crippen LogP contribution in [0.4, 0.5) is 0 Å². The molecule has 0 fully saturated rings. The SMILES string of the molecule is C[CH-]C.[Au+].[CH3-].[Li+]. The Labute approximate surface area is 68.8 Å². The summed E-state index contributed by atoms with van der Waals surface area (Å²) in [5.41, 5.74) is 0. The number of rotatable bonds is 0. The molecule has 0 aromatic carbocycles. The molecule has 0 N–H and O–H groups in total. The van der Waals surface area contributed by atoms with Crippen molar-refractivity contribution in [3.8, 4) is 0 Å². The van der Waals surface area contributed by atoms with E-state index in [0.29, 0.717) is 0 Å². The molecule has 0 atom stereocenters. The Balaban J connectivity index is -0.00000000667. The summed E-state index contributed by atoms with van der Waals surface area (Å²) in [5, 5.41) is 0. The van der Waals surface area contributed by atoms with Gasteiger partial charge in [0.15, 0.2) is 0 Å². The summed E-state index contributed by atoms with van der Waals surface area (Å²) in [6.45, 7) is 4.00. The molecule has 0 bridgehead atoms. The molecule has 0 aliphatic heterocycles. The zero-order chi connectivity index (χ0) is 2.71. The standard InChI is InChI=1S/C3H7.CH3.Au.Li/c1-3-2;;;/h3H,1-2H3;1H3;;/q2*-1;2*+1. The largest absolute Gasteiger partial charge is 1.00 e. The van der Waals surface area contributed by atoms with Gasteiger partial charge in [-0.15, -0.1) is 0 Å². The van der Waals surface area contributed by atoms with Crippen molar-refractivity contribution in [3.63, 3.8) is 0 Å². The molecule has 38 valence electrons. The van der Waals surface area contributed by atoms with Crippen LogP contribution in [0.25, 0.3) is 0 Å². The molecule has 0 aliphatic carbocycles. The number of hydrogen-bond donors (Lipinski definition) is 0. The van der Waals surface area contributed by atoms with Crippen LogP contribution in [-0.2, 0) is 22.4 Å². The predicted molar refractivity (Wildman–Crippen MR) is 22.1 cm³/mol. The predicted octanol–water partition coefficient (Wildman–Crippen LogP) is -1.32. The van der Waals surface area contributed by atoms with Gasteiger partial charge < -0.3 is 13.8 Å². The first-order valence-electron chi connectivity index (χ1n) is 1.15. The van der Waals surface area contributed by atoms with Crippen molar-refractivity contribution in [2.24, 2.45) is 0 Å². The van der Waals surface area contributed by atoms with Gasteiger partial charge in [-0.3, -0.25) is 0 Å². The molecule has 0 aromatic rings. The molecular weight excluding hydrogens is 252 g/mol. The van der Waals surface area contributed by atoms with Crippen molar-refractivity contribution in [1.82, 2.24) is 0 Å². The van der Waals surface area contributed by atoms with Gasteiger partial charge in [0, 0.05) is 0 Å². The van der Waals surface area contributed by atoms with Gasteiger partial charge in [-0.1, -0.05) is 0 Å². The van der Waals surface area contributed by atoms with E-state index in [4.69, 9.17) is 0 Å². The van der Waals surface area contributed by atoms with E-state index in [2.05, 4.69) is 0 Å². The summed E-state index contributed by atoms with van der Waals surface area (Å²) >= 11 is 0. The third-order valence-electron chi connectivity index (χ3n) is 0. The van der Waals surface area contributed by atoms with E-state index in [1.165, 1.54) is 0 Å². The van der Waals surface area contributed by atoms with E-state index in [1.807, 2.05) is 20.3 Å². The molecule has 0 saturated heterocycles. The molecule has 0 rings (SSSR count). The molecule has 0 aliphatic rings. The van der Waals surface area contributed by atoms with Gasteiger partial charge in [0.1, 0.15) is 0 Å². The minimum absolute atomic E-state index is 0. The monoisotopic (exact) mass is 262 g/mol. The first-order valence-corrected chi connectivity index (χ1v) is 1.15. The Hall–Kier alpha value is 1.34. The van der Waals surface area contributed by atoms with E-state index < -0.39 is 0 Å². The molecular formula is C4H10AuLi. The van der Waals surface area contributed by atoms with Crippen LogP contribution < -0.4 is 18.9 Å². The second-order valence-corrected chi connectivity index (χ2v) is 0.577. The first-order chi connectivity index (χ1) is 1.41. The van der Waals surface area contributed by atoms with Crippen LogP contribution in [0.1, 0.15) is 13.8 Å². The van der Waals surface area contributed by atoms with Gasteiger partial charge in [-0.2, -0.15) is 13.8 Å². The minimum Gasteiger partial charge on any atom is -0.358 e. The Morgan fingerprint density at radius 2 is 1.17 bits per heavy atom. The summed E-state index contributed by atoms with van der Waals surface area (Å²) in [5.74, 6) is 0. The topological polar surface area (TPSA) is 0 Å². The summed E-state index contributed by atoms with van der Waals surface area (Å²) < 4.78 is 0. The van der Waals surface area contributed by atoms with Crippen LogP contribution in [-0.4, -0.2) is 0 Å². The molecule has 6 heavy (non-hydrogen) atoms. The summed E-state index contributed by atoms with van der Waals surface area (Å²) in [6, 6.07) is 0. The quantitative estimate of drug-likeness (QED) is 0.375. The van der Waals surface area contributed by atoms with Crippen LogP contribution in [0, 0.1) is 13.8 Å². The first kappa shape index (κ1) is 26.5. The van der Waals surface area contributed by atoms with E-state index in [0.717, 1.165) is 0 Å². The third-order valence-corrected chi connectivity index (χ3v) is 0. The smallest absolute Gasteiger partial charge is 0.358 e. The number of hydrogen-bond acceptors (Lipinski definition) is 0. The van der Waals surface area contributed by atoms with Crippen LogP contribution in [0.2, 0.25) is 0 Å². The maximum Gasteiger partial charge on any atom is 1.00 e. The van der Waals surface area contributed by atoms with Crippen molar-refractivity contribution in [2.45, 2.75) is 13.8 Å². The maximum atomic E-state index is 2.00. The third kappa shape index (κ3) is 56.1. The van der Waals surface area contributed by atoms with Gasteiger partial charge >= 0.3 is 41.2 Å². The fraction of sp³-hybridized carbons (Fsp3) is 0.500. The molecule has 2 heteroatoms. The van der Waals surface area contributed by atoms with Gasteiger partial charge in [-0.05, 0) is 0 Å². The zero-order valence-electron chi connectivity index (χ0n) is 4.88. The maximum absolute atomic E-state index is 2.00. The Bertz CT molecular complexity index is 7.51. The van der Waals surface area contributed by atoms with Crippen molar-refractivity contribution >= 4 is 0 Å². The molecule has 0 radical (unpaired) electrons. The van der Waals surface area contributed by atoms with E-state index in [1.54, 1.807) is 0 Å². The fourth-order valence-corrected chi connectivity index (χ4v) is 0. The van der Waals surface area contributed by atoms with Gasteiger partial charge in [-0.25, -0.2) is 0 Å². The zero-order valence-corrected chi connectivity index (χ0v) is 7.05. The second kappa shape index (κ2) is 33.0. The van der Waals surface area contributed by atoms with Gasteiger partial charge in [0.25, 0.3) is 0 Å². The average Bonchev–Trinajstić information content (AvgIpc) is 0.918. The molecule has 0 spiro atoms. The molecule has 0 aromatic heterocycles. The van der Waals surface area contributed by atoms with Crippen molar-refractivity contribution in [1.29, 1.82) is 0 Å². The van der Waals surface area contributed by atoms with Crippen LogP contribution in [0.15, 0.2) is 0 Å². The van der Waals surface area contributed by atoms with E-state index >= 15 is 0 Å². The Morgan fingerprint density at radius 1 is 1.17 bits per heavy atom. The molecule has 0 amide bonds. The Morgan fingerprint density at radius 3 is 1.17 bits per heavy atom. The van der Waals surface area contributed by atoms with Gasteiger partial charge in [0.05, 0.1) is 0 Å². The molecule has 0 saturated carbocycles.